The minimum Gasteiger partial charge on any atom is -0.332 e. The average Bonchev–Trinajstić information content (AvgIpc) is 3.23. The molecule has 2 unspecified atom stereocenters. The van der Waals surface area contributed by atoms with Crippen LogP contribution in [0.25, 0.3) is 0 Å². The van der Waals surface area contributed by atoms with E-state index in [1.807, 2.05) is 18.7 Å². The number of hydrogen-bond donors (Lipinski definition) is 1. The van der Waals surface area contributed by atoms with Crippen LogP contribution in [-0.2, 0) is 17.8 Å². The van der Waals surface area contributed by atoms with Crippen LogP contribution in [0.5, 0.6) is 0 Å². The largest absolute Gasteiger partial charge is 0.332 e. The summed E-state index contributed by atoms with van der Waals surface area (Å²) < 4.78 is 0. The summed E-state index contributed by atoms with van der Waals surface area (Å²) in [6, 6.07) is -0.0804. The van der Waals surface area contributed by atoms with Crippen molar-refractivity contribution in [3.05, 3.63) is 27.4 Å². The molecule has 4 rings (SSSR count). The van der Waals surface area contributed by atoms with Gasteiger partial charge >= 0.3 is 0 Å². The van der Waals surface area contributed by atoms with Crippen molar-refractivity contribution in [2.75, 3.05) is 19.6 Å². The van der Waals surface area contributed by atoms with Gasteiger partial charge in [0, 0.05) is 37.7 Å². The van der Waals surface area contributed by atoms with Gasteiger partial charge in [0.15, 0.2) is 0 Å². The molecule has 3 aliphatic rings. The molecule has 1 saturated carbocycles. The molecule has 6 heteroatoms. The summed E-state index contributed by atoms with van der Waals surface area (Å²) in [4.78, 5) is 38.0. The van der Waals surface area contributed by atoms with Gasteiger partial charge in [0.1, 0.15) is 5.82 Å². The summed E-state index contributed by atoms with van der Waals surface area (Å²) in [6.45, 7) is 7.66. The molecule has 0 bridgehead atoms. The molecule has 1 saturated heterocycles. The van der Waals surface area contributed by atoms with Gasteiger partial charge in [-0.2, -0.15) is 0 Å². The number of amides is 1. The van der Waals surface area contributed by atoms with Crippen LogP contribution < -0.4 is 5.56 Å². The zero-order valence-electron chi connectivity index (χ0n) is 18.1. The molecule has 1 aromatic heterocycles. The normalized spacial score (nSPS) is 24.5. The SMILES string of the molecule is CCC(C)C(=O)N1CCCC1c1nc2c(c(=O)[nH]1)CCN(CC1CCCCC1)C2. The highest BCUT2D eigenvalue weighted by molar-refractivity contribution is 5.79. The Hall–Kier alpha value is -1.69. The number of carbonyl (C=O) groups excluding carboxylic acids is 1. The lowest BCUT2D eigenvalue weighted by atomic mass is 9.88. The highest BCUT2D eigenvalue weighted by atomic mass is 16.2. The molecule has 2 aliphatic heterocycles. The second kappa shape index (κ2) is 8.99. The number of hydrogen-bond acceptors (Lipinski definition) is 4. The van der Waals surface area contributed by atoms with E-state index in [4.69, 9.17) is 4.98 Å². The Kier molecular flexibility index (Phi) is 6.38. The Morgan fingerprint density at radius 1 is 1.17 bits per heavy atom. The molecule has 0 radical (unpaired) electrons. The van der Waals surface area contributed by atoms with Crippen molar-refractivity contribution in [3.8, 4) is 0 Å². The maximum atomic E-state index is 12.8. The van der Waals surface area contributed by atoms with Crippen molar-refractivity contribution in [1.82, 2.24) is 19.8 Å². The molecular formula is C23H36N4O2. The second-order valence-electron chi connectivity index (χ2n) is 9.36. The number of likely N-dealkylation sites (tertiary alicyclic amines) is 1. The van der Waals surface area contributed by atoms with Crippen LogP contribution in [0.2, 0.25) is 0 Å². The third-order valence-corrected chi connectivity index (χ3v) is 7.30. The summed E-state index contributed by atoms with van der Waals surface area (Å²) in [5.74, 6) is 1.70. The topological polar surface area (TPSA) is 69.3 Å². The lowest BCUT2D eigenvalue weighted by Crippen LogP contribution is -2.40. The van der Waals surface area contributed by atoms with Crippen LogP contribution in [0, 0.1) is 11.8 Å². The minimum atomic E-state index is -0.0804. The van der Waals surface area contributed by atoms with E-state index in [1.165, 1.54) is 32.1 Å². The van der Waals surface area contributed by atoms with Gasteiger partial charge in [-0.05, 0) is 44.4 Å². The van der Waals surface area contributed by atoms with Gasteiger partial charge in [-0.3, -0.25) is 14.5 Å². The maximum Gasteiger partial charge on any atom is 0.254 e. The highest BCUT2D eigenvalue weighted by Crippen LogP contribution is 2.32. The van der Waals surface area contributed by atoms with Crippen molar-refractivity contribution in [2.45, 2.75) is 84.2 Å². The Bertz CT molecular complexity index is 784. The molecule has 1 N–H and O–H groups in total. The fraction of sp³-hybridized carbons (Fsp3) is 0.783. The molecule has 29 heavy (non-hydrogen) atoms. The summed E-state index contributed by atoms with van der Waals surface area (Å²) in [7, 11) is 0. The molecular weight excluding hydrogens is 364 g/mol. The number of aromatic nitrogens is 2. The predicted molar refractivity (Wildman–Crippen MR) is 114 cm³/mol. The number of carbonyl (C=O) groups is 1. The number of aromatic amines is 1. The van der Waals surface area contributed by atoms with E-state index in [2.05, 4.69) is 9.88 Å². The summed E-state index contributed by atoms with van der Waals surface area (Å²) in [5, 5.41) is 0. The Morgan fingerprint density at radius 2 is 1.97 bits per heavy atom. The first kappa shape index (κ1) is 20.6. The third kappa shape index (κ3) is 4.42. The molecule has 160 valence electrons. The third-order valence-electron chi connectivity index (χ3n) is 7.30. The van der Waals surface area contributed by atoms with E-state index in [0.717, 1.165) is 69.0 Å². The number of rotatable bonds is 5. The van der Waals surface area contributed by atoms with E-state index < -0.39 is 0 Å². The predicted octanol–water partition coefficient (Wildman–Crippen LogP) is 3.42. The molecule has 2 atom stereocenters. The van der Waals surface area contributed by atoms with Crippen molar-refractivity contribution in [2.24, 2.45) is 11.8 Å². The van der Waals surface area contributed by atoms with E-state index >= 15 is 0 Å². The van der Waals surface area contributed by atoms with E-state index in [0.29, 0.717) is 5.82 Å². The summed E-state index contributed by atoms with van der Waals surface area (Å²) in [6.07, 6.45) is 10.3. The van der Waals surface area contributed by atoms with Crippen molar-refractivity contribution in [1.29, 1.82) is 0 Å². The van der Waals surface area contributed by atoms with Crippen LogP contribution in [-0.4, -0.2) is 45.3 Å². The lowest BCUT2D eigenvalue weighted by Gasteiger charge is -2.33. The van der Waals surface area contributed by atoms with Crippen LogP contribution >= 0.6 is 0 Å². The van der Waals surface area contributed by atoms with Gasteiger partial charge in [-0.15, -0.1) is 0 Å². The fourth-order valence-corrected chi connectivity index (χ4v) is 5.33. The first-order valence-corrected chi connectivity index (χ1v) is 11.7. The van der Waals surface area contributed by atoms with Crippen molar-refractivity contribution < 1.29 is 4.79 Å². The molecule has 1 aromatic rings. The molecule has 3 heterocycles. The van der Waals surface area contributed by atoms with Gasteiger partial charge in [-0.1, -0.05) is 33.1 Å². The van der Waals surface area contributed by atoms with Crippen LogP contribution in [0.4, 0.5) is 0 Å². The van der Waals surface area contributed by atoms with Crippen molar-refractivity contribution >= 4 is 5.91 Å². The summed E-state index contributed by atoms with van der Waals surface area (Å²) in [5.41, 5.74) is 1.80. The molecule has 1 aliphatic carbocycles. The summed E-state index contributed by atoms with van der Waals surface area (Å²) >= 11 is 0. The standard InChI is InChI=1S/C23H36N4O2/c1-3-16(2)23(29)27-12-7-10-20(27)21-24-19-15-26(13-11-18(19)22(28)25-21)14-17-8-5-4-6-9-17/h16-17,20H,3-15H2,1-2H3,(H,24,25,28). The number of H-pyrrole nitrogens is 1. The monoisotopic (exact) mass is 400 g/mol. The van der Waals surface area contributed by atoms with E-state index in [1.54, 1.807) is 0 Å². The van der Waals surface area contributed by atoms with Crippen LogP contribution in [0.3, 0.4) is 0 Å². The van der Waals surface area contributed by atoms with Gasteiger partial charge in [0.25, 0.3) is 5.56 Å². The van der Waals surface area contributed by atoms with Crippen LogP contribution in [0.1, 0.15) is 88.3 Å². The van der Waals surface area contributed by atoms with Gasteiger partial charge < -0.3 is 9.88 Å². The van der Waals surface area contributed by atoms with Gasteiger partial charge in [0.2, 0.25) is 5.91 Å². The highest BCUT2D eigenvalue weighted by Gasteiger charge is 2.34. The zero-order chi connectivity index (χ0) is 20.4. The quantitative estimate of drug-likeness (QED) is 0.822. The first-order chi connectivity index (χ1) is 14.1. The van der Waals surface area contributed by atoms with E-state index in [9.17, 15) is 9.59 Å². The Morgan fingerprint density at radius 3 is 2.72 bits per heavy atom. The zero-order valence-corrected chi connectivity index (χ0v) is 18.1. The smallest absolute Gasteiger partial charge is 0.254 e. The number of nitrogens with one attached hydrogen (secondary N) is 1. The van der Waals surface area contributed by atoms with Crippen molar-refractivity contribution in [3.63, 3.8) is 0 Å². The molecule has 2 fully saturated rings. The minimum absolute atomic E-state index is 0.00477. The number of fused-ring (bicyclic) bond motifs is 1. The molecule has 6 nitrogen and oxygen atoms in total. The molecule has 0 aromatic carbocycles. The Labute approximate surface area is 174 Å². The van der Waals surface area contributed by atoms with Crippen LogP contribution in [0.15, 0.2) is 4.79 Å². The average molecular weight is 401 g/mol. The number of nitrogens with zero attached hydrogens (tertiary/aromatic N) is 3. The molecule has 1 amide bonds. The van der Waals surface area contributed by atoms with Gasteiger partial charge in [-0.25, -0.2) is 4.98 Å². The lowest BCUT2D eigenvalue weighted by molar-refractivity contribution is -0.136. The second-order valence-corrected chi connectivity index (χ2v) is 9.36. The van der Waals surface area contributed by atoms with Gasteiger partial charge in [0.05, 0.1) is 11.7 Å². The Balaban J connectivity index is 1.52. The molecule has 0 spiro atoms. The maximum absolute atomic E-state index is 12.8. The van der Waals surface area contributed by atoms with E-state index in [-0.39, 0.29) is 23.4 Å². The fourth-order valence-electron chi connectivity index (χ4n) is 5.33. The first-order valence-electron chi connectivity index (χ1n) is 11.7.